The van der Waals surface area contributed by atoms with Crippen LogP contribution < -0.4 is 10.1 Å². The number of nitrogens with one attached hydrogen (secondary N) is 1. The molecule has 3 rings (SSSR count). The maximum absolute atomic E-state index is 12.7. The molecule has 3 aromatic carbocycles. The summed E-state index contributed by atoms with van der Waals surface area (Å²) in [6.07, 6.45) is 1.50. The Bertz CT molecular complexity index is 1300. The predicted molar refractivity (Wildman–Crippen MR) is 138 cm³/mol. The number of ether oxygens (including phenoxy) is 1. The van der Waals surface area contributed by atoms with Gasteiger partial charge in [-0.05, 0) is 104 Å². The smallest absolute Gasteiger partial charge is 0.335 e. The molecule has 6 nitrogen and oxygen atoms in total. The molecule has 0 heterocycles. The summed E-state index contributed by atoms with van der Waals surface area (Å²) in [6.45, 7) is 4.10. The van der Waals surface area contributed by atoms with Gasteiger partial charge in [0.1, 0.15) is 24.0 Å². The summed E-state index contributed by atoms with van der Waals surface area (Å²) >= 11 is 6.95. The van der Waals surface area contributed by atoms with E-state index in [-0.39, 0.29) is 17.7 Å². The van der Waals surface area contributed by atoms with Crippen LogP contribution in [0.3, 0.4) is 0 Å². The van der Waals surface area contributed by atoms with Crippen molar-refractivity contribution in [2.75, 3.05) is 5.32 Å². The van der Waals surface area contributed by atoms with Gasteiger partial charge in [-0.25, -0.2) is 4.79 Å². The number of aryl methyl sites for hydroxylation is 1. The molecule has 8 heteroatoms. The molecule has 34 heavy (non-hydrogen) atoms. The van der Waals surface area contributed by atoms with Gasteiger partial charge in [0.25, 0.3) is 5.91 Å². The second kappa shape index (κ2) is 11.1. The SMILES string of the molecule is Cc1cccc(NC(=O)/C(C#N)=C/c2cc(Br)c(OCc3ccc(C(=O)O)cc3)c(Br)c2)c1C. The standard InChI is InChI=1S/C26H20Br2N2O4/c1-15-4-3-5-23(16(15)2)30-25(31)20(13-29)10-18-11-21(27)24(22(28)12-18)34-14-17-6-8-19(9-7-17)26(32)33/h3-12H,14H2,1-2H3,(H,30,31)(H,32,33)/b20-10+. The zero-order valence-corrected chi connectivity index (χ0v) is 21.5. The van der Waals surface area contributed by atoms with Gasteiger partial charge < -0.3 is 15.2 Å². The van der Waals surface area contributed by atoms with Crippen LogP contribution in [0, 0.1) is 25.2 Å². The molecule has 0 fully saturated rings. The number of benzene rings is 3. The highest BCUT2D eigenvalue weighted by Crippen LogP contribution is 2.36. The van der Waals surface area contributed by atoms with E-state index in [0.29, 0.717) is 25.9 Å². The van der Waals surface area contributed by atoms with E-state index in [9.17, 15) is 14.9 Å². The van der Waals surface area contributed by atoms with Gasteiger partial charge in [-0.1, -0.05) is 24.3 Å². The molecular formula is C26H20Br2N2O4. The summed E-state index contributed by atoms with van der Waals surface area (Å²) < 4.78 is 7.14. The van der Waals surface area contributed by atoms with E-state index >= 15 is 0 Å². The minimum atomic E-state index is -0.985. The Morgan fingerprint density at radius 2 is 1.74 bits per heavy atom. The fourth-order valence-corrected chi connectivity index (χ4v) is 4.54. The van der Waals surface area contributed by atoms with Gasteiger partial charge in [-0.3, -0.25) is 4.79 Å². The van der Waals surface area contributed by atoms with Gasteiger partial charge in [-0.15, -0.1) is 0 Å². The molecule has 0 saturated carbocycles. The number of carboxylic acids is 1. The molecule has 0 spiro atoms. The minimum Gasteiger partial charge on any atom is -0.487 e. The van der Waals surface area contributed by atoms with Gasteiger partial charge in [0.2, 0.25) is 0 Å². The van der Waals surface area contributed by atoms with Crippen molar-refractivity contribution in [1.82, 2.24) is 0 Å². The Morgan fingerprint density at radius 1 is 1.09 bits per heavy atom. The van der Waals surface area contributed by atoms with Crippen LogP contribution in [0.1, 0.15) is 32.6 Å². The summed E-state index contributed by atoms with van der Waals surface area (Å²) in [4.78, 5) is 23.7. The lowest BCUT2D eigenvalue weighted by Crippen LogP contribution is -2.14. The van der Waals surface area contributed by atoms with Gasteiger partial charge in [0.05, 0.1) is 14.5 Å². The van der Waals surface area contributed by atoms with E-state index in [1.54, 1.807) is 30.3 Å². The Labute approximate surface area is 214 Å². The number of amides is 1. The molecule has 0 unspecified atom stereocenters. The molecule has 3 aromatic rings. The number of rotatable bonds is 7. The van der Waals surface area contributed by atoms with Crippen LogP contribution in [0.15, 0.2) is 69.1 Å². The van der Waals surface area contributed by atoms with Crippen LogP contribution in [0.5, 0.6) is 5.75 Å². The van der Waals surface area contributed by atoms with E-state index in [0.717, 1.165) is 16.7 Å². The van der Waals surface area contributed by atoms with Crippen molar-refractivity contribution in [2.24, 2.45) is 0 Å². The van der Waals surface area contributed by atoms with E-state index in [2.05, 4.69) is 37.2 Å². The monoisotopic (exact) mass is 582 g/mol. The molecule has 172 valence electrons. The van der Waals surface area contributed by atoms with Gasteiger partial charge in [0.15, 0.2) is 0 Å². The van der Waals surface area contributed by atoms with Crippen molar-refractivity contribution in [3.05, 3.63) is 96.9 Å². The summed E-state index contributed by atoms with van der Waals surface area (Å²) in [7, 11) is 0. The molecule has 0 atom stereocenters. The topological polar surface area (TPSA) is 99.4 Å². The third kappa shape index (κ3) is 6.13. The lowest BCUT2D eigenvalue weighted by atomic mass is 10.1. The highest BCUT2D eigenvalue weighted by Gasteiger charge is 2.14. The van der Waals surface area contributed by atoms with Crippen molar-refractivity contribution in [3.8, 4) is 11.8 Å². The second-order valence-electron chi connectivity index (χ2n) is 7.48. The molecule has 1 amide bonds. The molecule has 2 N–H and O–H groups in total. The molecule has 0 aliphatic carbocycles. The first-order valence-electron chi connectivity index (χ1n) is 10.1. The molecular weight excluding hydrogens is 564 g/mol. The number of hydrogen-bond donors (Lipinski definition) is 2. The highest BCUT2D eigenvalue weighted by molar-refractivity contribution is 9.11. The zero-order valence-electron chi connectivity index (χ0n) is 18.4. The molecule has 0 radical (unpaired) electrons. The molecule has 0 aromatic heterocycles. The fraction of sp³-hybridized carbons (Fsp3) is 0.115. The molecule has 0 saturated heterocycles. The number of nitriles is 1. The van der Waals surface area contributed by atoms with Crippen molar-refractivity contribution in [2.45, 2.75) is 20.5 Å². The summed E-state index contributed by atoms with van der Waals surface area (Å²) in [6, 6.07) is 17.5. The van der Waals surface area contributed by atoms with Crippen molar-refractivity contribution < 1.29 is 19.4 Å². The number of aromatic carboxylic acids is 1. The van der Waals surface area contributed by atoms with E-state index < -0.39 is 11.9 Å². The molecule has 0 aliphatic heterocycles. The van der Waals surface area contributed by atoms with E-state index in [1.807, 2.05) is 32.0 Å². The van der Waals surface area contributed by atoms with E-state index in [1.165, 1.54) is 18.2 Å². The van der Waals surface area contributed by atoms with Crippen LogP contribution in [0.25, 0.3) is 6.08 Å². The van der Waals surface area contributed by atoms with Gasteiger partial charge in [0, 0.05) is 5.69 Å². The third-order valence-corrected chi connectivity index (χ3v) is 6.31. The maximum atomic E-state index is 12.7. The largest absolute Gasteiger partial charge is 0.487 e. The number of carboxylic acid groups (broad SMARTS) is 1. The first-order valence-corrected chi connectivity index (χ1v) is 11.7. The Kier molecular flexibility index (Phi) is 8.26. The fourth-order valence-electron chi connectivity index (χ4n) is 3.09. The van der Waals surface area contributed by atoms with Gasteiger partial charge in [-0.2, -0.15) is 5.26 Å². The van der Waals surface area contributed by atoms with E-state index in [4.69, 9.17) is 9.84 Å². The summed E-state index contributed by atoms with van der Waals surface area (Å²) in [5.41, 5.74) is 4.25. The first kappa shape index (κ1) is 25.2. The first-order chi connectivity index (χ1) is 16.2. The number of halogens is 2. The minimum absolute atomic E-state index is 0.0353. The number of nitrogens with zero attached hydrogens (tertiary/aromatic N) is 1. The second-order valence-corrected chi connectivity index (χ2v) is 9.18. The van der Waals surface area contributed by atoms with Crippen LogP contribution in [-0.4, -0.2) is 17.0 Å². The normalized spacial score (nSPS) is 11.0. The van der Waals surface area contributed by atoms with Crippen molar-refractivity contribution in [1.29, 1.82) is 5.26 Å². The lowest BCUT2D eigenvalue weighted by molar-refractivity contribution is -0.112. The highest BCUT2D eigenvalue weighted by atomic mass is 79.9. The number of carbonyl (C=O) groups is 2. The zero-order chi connectivity index (χ0) is 24.8. The predicted octanol–water partition coefficient (Wildman–Crippen LogP) is 6.65. The summed E-state index contributed by atoms with van der Waals surface area (Å²) in [5.74, 6) is -0.938. The Morgan fingerprint density at radius 3 is 2.32 bits per heavy atom. The Hall–Kier alpha value is -3.41. The maximum Gasteiger partial charge on any atom is 0.335 e. The molecule has 0 bridgehead atoms. The number of anilines is 1. The van der Waals surface area contributed by atoms with Crippen LogP contribution in [0.4, 0.5) is 5.69 Å². The molecule has 0 aliphatic rings. The van der Waals surface area contributed by atoms with Gasteiger partial charge >= 0.3 is 5.97 Å². The lowest BCUT2D eigenvalue weighted by Gasteiger charge is -2.12. The average molecular weight is 584 g/mol. The van der Waals surface area contributed by atoms with Crippen molar-refractivity contribution >= 4 is 55.5 Å². The van der Waals surface area contributed by atoms with Crippen LogP contribution in [-0.2, 0) is 11.4 Å². The van der Waals surface area contributed by atoms with Crippen molar-refractivity contribution in [3.63, 3.8) is 0 Å². The third-order valence-electron chi connectivity index (χ3n) is 5.13. The van der Waals surface area contributed by atoms with Crippen LogP contribution >= 0.6 is 31.9 Å². The average Bonchev–Trinajstić information content (AvgIpc) is 2.80. The van der Waals surface area contributed by atoms with Crippen LogP contribution in [0.2, 0.25) is 0 Å². The number of hydrogen-bond acceptors (Lipinski definition) is 4. The number of carbonyl (C=O) groups excluding carboxylic acids is 1. The summed E-state index contributed by atoms with van der Waals surface area (Å²) in [5, 5.41) is 21.4. The Balaban J connectivity index is 1.76. The quantitative estimate of drug-likeness (QED) is 0.239.